The highest BCUT2D eigenvalue weighted by molar-refractivity contribution is 5.89. The molecule has 1 unspecified atom stereocenters. The van der Waals surface area contributed by atoms with Crippen LogP contribution in [0.15, 0.2) is 12.2 Å². The highest BCUT2D eigenvalue weighted by atomic mass is 19.3. The van der Waals surface area contributed by atoms with Gasteiger partial charge in [-0.25, -0.2) is 9.59 Å². The van der Waals surface area contributed by atoms with E-state index in [1.807, 2.05) is 0 Å². The van der Waals surface area contributed by atoms with Gasteiger partial charge in [0.2, 0.25) is 0 Å². The van der Waals surface area contributed by atoms with Crippen LogP contribution in [-0.4, -0.2) is 35.0 Å². The maximum Gasteiger partial charge on any atom is 0.415 e. The monoisotopic (exact) mass is 270 g/mol. The lowest BCUT2D eigenvalue weighted by atomic mass is 10.1. The molecule has 0 saturated heterocycles. The number of carbonyl (C=O) groups excluding carboxylic acids is 1. The summed E-state index contributed by atoms with van der Waals surface area (Å²) in [6.45, 7) is 0. The molecule has 0 aliphatic heterocycles. The number of carboxylic acid groups (broad SMARTS) is 1. The third-order valence-electron chi connectivity index (χ3n) is 2.39. The van der Waals surface area contributed by atoms with E-state index in [-0.39, 0.29) is 6.42 Å². The van der Waals surface area contributed by atoms with Crippen LogP contribution in [0.2, 0.25) is 0 Å². The van der Waals surface area contributed by atoms with Crippen LogP contribution in [-0.2, 0) is 14.3 Å². The van der Waals surface area contributed by atoms with E-state index < -0.39 is 29.9 Å². The predicted molar refractivity (Wildman–Crippen MR) is 50.4 cm³/mol. The minimum atomic E-state index is -5.50. The number of rotatable bonds is 4. The molecule has 18 heavy (non-hydrogen) atoms. The van der Waals surface area contributed by atoms with Gasteiger partial charge >= 0.3 is 23.8 Å². The van der Waals surface area contributed by atoms with E-state index in [0.29, 0.717) is 12.8 Å². The molecular weight excluding hydrogens is 260 g/mol. The summed E-state index contributed by atoms with van der Waals surface area (Å²) in [5.41, 5.74) is 0. The molecule has 1 N–H and O–H groups in total. The number of alkyl halides is 4. The Hall–Kier alpha value is -1.60. The molecule has 0 aromatic rings. The van der Waals surface area contributed by atoms with Crippen LogP contribution < -0.4 is 0 Å². The average molecular weight is 270 g/mol. The van der Waals surface area contributed by atoms with Gasteiger partial charge in [0.25, 0.3) is 0 Å². The Bertz CT molecular complexity index is 378. The van der Waals surface area contributed by atoms with Gasteiger partial charge in [0.05, 0.1) is 0 Å². The number of esters is 1. The highest BCUT2D eigenvalue weighted by Gasteiger charge is 2.68. The lowest BCUT2D eigenvalue weighted by Crippen LogP contribution is -2.53. The van der Waals surface area contributed by atoms with Gasteiger partial charge in [-0.05, 0) is 25.3 Å². The second kappa shape index (κ2) is 4.95. The average Bonchev–Trinajstić information content (AvgIpc) is 2.29. The van der Waals surface area contributed by atoms with Gasteiger partial charge in [0.1, 0.15) is 6.10 Å². The maximum atomic E-state index is 13.0. The molecule has 0 heterocycles. The van der Waals surface area contributed by atoms with Crippen LogP contribution in [0.1, 0.15) is 19.3 Å². The first kappa shape index (κ1) is 14.5. The summed E-state index contributed by atoms with van der Waals surface area (Å²) >= 11 is 0. The lowest BCUT2D eigenvalue weighted by Gasteiger charge is -2.24. The number of aliphatic carboxylic acids is 1. The Balaban J connectivity index is 2.78. The molecule has 8 heteroatoms. The van der Waals surface area contributed by atoms with Gasteiger partial charge in [-0.1, -0.05) is 6.08 Å². The Morgan fingerprint density at radius 1 is 1.22 bits per heavy atom. The molecule has 1 aliphatic carbocycles. The van der Waals surface area contributed by atoms with Crippen molar-refractivity contribution in [2.75, 3.05) is 0 Å². The minimum Gasteiger partial charge on any atom is -0.477 e. The van der Waals surface area contributed by atoms with Crippen LogP contribution in [0.25, 0.3) is 0 Å². The van der Waals surface area contributed by atoms with Gasteiger partial charge in [0.15, 0.2) is 0 Å². The zero-order chi connectivity index (χ0) is 14.0. The number of hydrogen-bond acceptors (Lipinski definition) is 3. The molecule has 0 fully saturated rings. The van der Waals surface area contributed by atoms with E-state index in [1.54, 1.807) is 6.08 Å². The van der Waals surface area contributed by atoms with Crippen molar-refractivity contribution in [1.82, 2.24) is 0 Å². The fraction of sp³-hybridized carbons (Fsp3) is 0.600. The fourth-order valence-corrected chi connectivity index (χ4v) is 1.35. The maximum absolute atomic E-state index is 13.0. The topological polar surface area (TPSA) is 63.6 Å². The normalized spacial score (nSPS) is 20.6. The van der Waals surface area contributed by atoms with Gasteiger partial charge in [0, 0.05) is 0 Å². The summed E-state index contributed by atoms with van der Waals surface area (Å²) in [7, 11) is 0. The van der Waals surface area contributed by atoms with E-state index in [0.717, 1.165) is 0 Å². The molecule has 1 aliphatic rings. The first-order valence-corrected chi connectivity index (χ1v) is 5.06. The standard InChI is InChI=1S/C10H10F4O4/c11-9(12,7(15)16)10(13,14)8(17)18-6-4-2-1-3-5-6/h2,4,6H,1,3,5H2,(H,15,16). The van der Waals surface area contributed by atoms with Gasteiger partial charge in [-0.3, -0.25) is 0 Å². The Morgan fingerprint density at radius 3 is 2.28 bits per heavy atom. The van der Waals surface area contributed by atoms with Gasteiger partial charge in [-0.2, -0.15) is 17.6 Å². The van der Waals surface area contributed by atoms with Crippen molar-refractivity contribution in [3.8, 4) is 0 Å². The first-order chi connectivity index (χ1) is 8.19. The van der Waals surface area contributed by atoms with E-state index >= 15 is 0 Å². The number of halogens is 4. The third-order valence-corrected chi connectivity index (χ3v) is 2.39. The summed E-state index contributed by atoms with van der Waals surface area (Å²) in [4.78, 5) is 20.9. The first-order valence-electron chi connectivity index (χ1n) is 5.06. The van der Waals surface area contributed by atoms with Crippen molar-refractivity contribution in [2.45, 2.75) is 37.2 Å². The largest absolute Gasteiger partial charge is 0.477 e. The molecule has 0 radical (unpaired) electrons. The van der Waals surface area contributed by atoms with E-state index in [4.69, 9.17) is 5.11 Å². The SMILES string of the molecule is O=C(O)C(F)(F)C(F)(F)C(=O)OC1C=CCCC1. The molecular formula is C10H10F4O4. The summed E-state index contributed by atoms with van der Waals surface area (Å²) in [6, 6.07) is 0. The third kappa shape index (κ3) is 2.62. The van der Waals surface area contributed by atoms with Crippen LogP contribution in [0.4, 0.5) is 17.6 Å². The summed E-state index contributed by atoms with van der Waals surface area (Å²) in [5, 5.41) is 7.98. The minimum absolute atomic E-state index is 0.233. The molecule has 0 aromatic heterocycles. The van der Waals surface area contributed by atoms with Crippen molar-refractivity contribution in [2.24, 2.45) is 0 Å². The molecule has 0 amide bonds. The smallest absolute Gasteiger partial charge is 0.415 e. The van der Waals surface area contributed by atoms with Crippen molar-refractivity contribution >= 4 is 11.9 Å². The molecule has 0 spiro atoms. The number of hydrogen-bond donors (Lipinski definition) is 1. The lowest BCUT2D eigenvalue weighted by molar-refractivity contribution is -0.236. The van der Waals surface area contributed by atoms with Crippen LogP contribution in [0.5, 0.6) is 0 Å². The second-order valence-corrected chi connectivity index (χ2v) is 3.76. The zero-order valence-corrected chi connectivity index (χ0v) is 9.04. The molecule has 0 aromatic carbocycles. The second-order valence-electron chi connectivity index (χ2n) is 3.76. The molecule has 4 nitrogen and oxygen atoms in total. The van der Waals surface area contributed by atoms with Crippen LogP contribution in [0.3, 0.4) is 0 Å². The Morgan fingerprint density at radius 2 is 1.83 bits per heavy atom. The van der Waals surface area contributed by atoms with Crippen molar-refractivity contribution in [3.05, 3.63) is 12.2 Å². The highest BCUT2D eigenvalue weighted by Crippen LogP contribution is 2.36. The summed E-state index contributed by atoms with van der Waals surface area (Å²) in [6.07, 6.45) is 3.31. The summed E-state index contributed by atoms with van der Waals surface area (Å²) < 4.78 is 55.4. The summed E-state index contributed by atoms with van der Waals surface area (Å²) in [5.74, 6) is -16.5. The molecule has 102 valence electrons. The van der Waals surface area contributed by atoms with E-state index in [1.165, 1.54) is 6.08 Å². The number of allylic oxidation sites excluding steroid dienone is 1. The van der Waals surface area contributed by atoms with Crippen LogP contribution in [0, 0.1) is 0 Å². The molecule has 0 saturated carbocycles. The predicted octanol–water partition coefficient (Wildman–Crippen LogP) is 1.99. The Labute approximate surface area is 99.2 Å². The van der Waals surface area contributed by atoms with E-state index in [2.05, 4.69) is 4.74 Å². The quantitative estimate of drug-likeness (QED) is 0.482. The fourth-order valence-electron chi connectivity index (χ4n) is 1.35. The Kier molecular flexibility index (Phi) is 3.98. The number of carboxylic acids is 1. The molecule has 1 rings (SSSR count). The van der Waals surface area contributed by atoms with Crippen molar-refractivity contribution in [3.63, 3.8) is 0 Å². The van der Waals surface area contributed by atoms with Crippen molar-refractivity contribution < 1.29 is 37.0 Å². The molecule has 1 atom stereocenters. The van der Waals surface area contributed by atoms with Gasteiger partial charge in [-0.15, -0.1) is 0 Å². The van der Waals surface area contributed by atoms with E-state index in [9.17, 15) is 27.2 Å². The molecule has 0 bridgehead atoms. The number of ether oxygens (including phenoxy) is 1. The van der Waals surface area contributed by atoms with Crippen molar-refractivity contribution in [1.29, 1.82) is 0 Å². The van der Waals surface area contributed by atoms with Crippen LogP contribution >= 0.6 is 0 Å². The van der Waals surface area contributed by atoms with Gasteiger partial charge < -0.3 is 9.84 Å². The number of carbonyl (C=O) groups is 2. The zero-order valence-electron chi connectivity index (χ0n) is 9.04.